The quantitative estimate of drug-likeness (QED) is 0.513. The van der Waals surface area contributed by atoms with Crippen LogP contribution >= 0.6 is 31.9 Å². The number of carbonyl (C=O) groups is 1. The number of benzene rings is 2. The molecule has 2 aromatic rings. The topological polar surface area (TPSA) is 29.5 Å². The number of hydrogen-bond acceptors (Lipinski definition) is 2. The number of allylic oxidation sites excluding steroid dienone is 3. The van der Waals surface area contributed by atoms with Gasteiger partial charge in [-0.05, 0) is 29.7 Å². The summed E-state index contributed by atoms with van der Waals surface area (Å²) in [5, 5.41) is 0. The maximum absolute atomic E-state index is 13.2. The predicted molar refractivity (Wildman–Crippen MR) is 123 cm³/mol. The molecule has 1 aliphatic carbocycles. The van der Waals surface area contributed by atoms with E-state index < -0.39 is 6.10 Å². The van der Waals surface area contributed by atoms with Gasteiger partial charge in [0.25, 0.3) is 5.91 Å². The number of rotatable bonds is 4. The fourth-order valence-corrected chi connectivity index (χ4v) is 4.76. The number of likely N-dealkylation sites (N-methyl/N-ethyl adjacent to an activating group) is 1. The Labute approximate surface area is 188 Å². The number of carbonyl (C=O) groups excluding carboxylic acids is 1. The third-order valence-corrected chi connectivity index (χ3v) is 6.80. The molecule has 1 heterocycles. The van der Waals surface area contributed by atoms with Crippen LogP contribution in [0.15, 0.2) is 81.8 Å². The summed E-state index contributed by atoms with van der Waals surface area (Å²) in [7, 11) is 1.92. The van der Waals surface area contributed by atoms with Gasteiger partial charge in [-0.15, -0.1) is 0 Å². The fourth-order valence-electron chi connectivity index (χ4n) is 4.16. The van der Waals surface area contributed by atoms with Crippen LogP contribution in [-0.2, 0) is 16.0 Å². The zero-order valence-electron chi connectivity index (χ0n) is 16.2. The molecule has 0 bridgehead atoms. The number of halogens is 2. The van der Waals surface area contributed by atoms with Gasteiger partial charge >= 0.3 is 0 Å². The third kappa shape index (κ3) is 4.57. The summed E-state index contributed by atoms with van der Waals surface area (Å²) >= 11 is 7.05. The highest BCUT2D eigenvalue weighted by Crippen LogP contribution is 2.39. The minimum absolute atomic E-state index is 0.0502. The van der Waals surface area contributed by atoms with Gasteiger partial charge in [-0.25, -0.2) is 0 Å². The molecular formula is C24H23Br2NO2. The summed E-state index contributed by atoms with van der Waals surface area (Å²) in [6.45, 7) is 0. The van der Waals surface area contributed by atoms with Gasteiger partial charge in [0.1, 0.15) is 12.2 Å². The average Bonchev–Trinajstić information content (AvgIpc) is 2.74. The first-order valence-corrected chi connectivity index (χ1v) is 11.4. The molecule has 1 amide bonds. The molecule has 5 heteroatoms. The van der Waals surface area contributed by atoms with Gasteiger partial charge in [-0.2, -0.15) is 0 Å². The molecule has 4 rings (SSSR count). The molecule has 0 saturated carbocycles. The van der Waals surface area contributed by atoms with Crippen LogP contribution in [-0.4, -0.2) is 30.0 Å². The van der Waals surface area contributed by atoms with E-state index in [4.69, 9.17) is 4.74 Å². The lowest BCUT2D eigenvalue weighted by Gasteiger charge is -2.46. The van der Waals surface area contributed by atoms with E-state index in [2.05, 4.69) is 62.2 Å². The molecular weight excluding hydrogens is 494 g/mol. The first kappa shape index (κ1) is 20.6. The second-order valence-corrected chi connectivity index (χ2v) is 9.41. The highest BCUT2D eigenvalue weighted by molar-refractivity contribution is 9.12. The van der Waals surface area contributed by atoms with E-state index in [1.165, 1.54) is 0 Å². The van der Waals surface area contributed by atoms with Gasteiger partial charge in [-0.3, -0.25) is 4.79 Å². The number of hydrogen-bond donors (Lipinski definition) is 0. The molecule has 4 atom stereocenters. The lowest BCUT2D eigenvalue weighted by molar-refractivity contribution is -0.173. The van der Waals surface area contributed by atoms with Crippen molar-refractivity contribution < 1.29 is 9.53 Å². The van der Waals surface area contributed by atoms with Crippen LogP contribution in [0.1, 0.15) is 23.7 Å². The summed E-state index contributed by atoms with van der Waals surface area (Å²) in [5.41, 5.74) is 2.20. The third-order valence-electron chi connectivity index (χ3n) is 5.68. The highest BCUT2D eigenvalue weighted by atomic mass is 79.9. The summed E-state index contributed by atoms with van der Waals surface area (Å²) in [6.07, 6.45) is 7.21. The van der Waals surface area contributed by atoms with E-state index in [1.54, 1.807) is 0 Å². The van der Waals surface area contributed by atoms with Crippen LogP contribution in [0.25, 0.3) is 0 Å². The van der Waals surface area contributed by atoms with Crippen molar-refractivity contribution in [3.8, 4) is 0 Å². The van der Waals surface area contributed by atoms with E-state index in [-0.39, 0.29) is 24.0 Å². The van der Waals surface area contributed by atoms with E-state index >= 15 is 0 Å². The minimum atomic E-state index is -0.484. The Morgan fingerprint density at radius 2 is 1.79 bits per heavy atom. The number of ether oxygens (including phenoxy) is 1. The molecule has 1 unspecified atom stereocenters. The summed E-state index contributed by atoms with van der Waals surface area (Å²) in [6, 6.07) is 18.3. The van der Waals surface area contributed by atoms with E-state index in [1.807, 2.05) is 54.4 Å². The number of amides is 1. The van der Waals surface area contributed by atoms with Gasteiger partial charge in [0, 0.05) is 28.3 Å². The normalized spacial score (nSPS) is 27.1. The maximum Gasteiger partial charge on any atom is 0.252 e. The van der Waals surface area contributed by atoms with Crippen molar-refractivity contribution in [2.24, 2.45) is 5.92 Å². The summed E-state index contributed by atoms with van der Waals surface area (Å²) in [5.74, 6) is 0.255. The van der Waals surface area contributed by atoms with Crippen LogP contribution in [0.2, 0.25) is 0 Å². The van der Waals surface area contributed by atoms with Crippen LogP contribution in [0.5, 0.6) is 0 Å². The molecule has 3 nitrogen and oxygen atoms in total. The van der Waals surface area contributed by atoms with Crippen molar-refractivity contribution in [1.29, 1.82) is 0 Å². The van der Waals surface area contributed by atoms with Crippen molar-refractivity contribution in [3.05, 3.63) is 92.9 Å². The lowest BCUT2D eigenvalue weighted by Crippen LogP contribution is -2.56. The molecule has 1 fully saturated rings. The van der Waals surface area contributed by atoms with Gasteiger partial charge in [0.05, 0.1) is 6.04 Å². The van der Waals surface area contributed by atoms with Gasteiger partial charge in [-0.1, -0.05) is 92.6 Å². The lowest BCUT2D eigenvalue weighted by atomic mass is 9.83. The monoisotopic (exact) mass is 515 g/mol. The summed E-state index contributed by atoms with van der Waals surface area (Å²) in [4.78, 5) is 15.1. The van der Waals surface area contributed by atoms with Crippen molar-refractivity contribution in [1.82, 2.24) is 4.90 Å². The Balaban J connectivity index is 1.66. The number of nitrogens with zero attached hydrogens (tertiary/aromatic N) is 1. The second kappa shape index (κ2) is 8.99. The molecule has 1 aliphatic heterocycles. The van der Waals surface area contributed by atoms with Crippen LogP contribution in [0, 0.1) is 5.92 Å². The Morgan fingerprint density at radius 1 is 1.07 bits per heavy atom. The van der Waals surface area contributed by atoms with Crippen LogP contribution < -0.4 is 0 Å². The first-order chi connectivity index (χ1) is 14.0. The fraction of sp³-hybridized carbons (Fsp3) is 0.292. The minimum Gasteiger partial charge on any atom is -0.358 e. The SMILES string of the molecule is CN1C(=O)[C@H](Cc2ccccc2)O[C@@H](c2ccc(Br)cc2)[C@H]1C1C=CC(Br)=CC1. The standard InChI is InChI=1S/C24H23Br2NO2/c1-27-22(17-7-11-19(25)12-8-17)23(18-9-13-20(26)14-10-18)29-21(24(27)28)15-16-5-3-2-4-6-16/h2-7,9-14,17,21-23H,8,15H2,1H3/t17?,21-,22+,23-/m0/s1. The zero-order chi connectivity index (χ0) is 20.4. The molecule has 0 aromatic heterocycles. The van der Waals surface area contributed by atoms with Crippen LogP contribution in [0.4, 0.5) is 0 Å². The zero-order valence-corrected chi connectivity index (χ0v) is 19.3. The smallest absolute Gasteiger partial charge is 0.252 e. The molecule has 0 spiro atoms. The molecule has 0 N–H and O–H groups in total. The number of morpholine rings is 1. The maximum atomic E-state index is 13.2. The van der Waals surface area contributed by atoms with Gasteiger partial charge in [0.15, 0.2) is 0 Å². The van der Waals surface area contributed by atoms with E-state index in [0.29, 0.717) is 6.42 Å². The average molecular weight is 517 g/mol. The van der Waals surface area contributed by atoms with Crippen molar-refractivity contribution in [3.63, 3.8) is 0 Å². The Bertz CT molecular complexity index is 924. The Hall–Kier alpha value is -1.69. The largest absolute Gasteiger partial charge is 0.358 e. The van der Waals surface area contributed by atoms with Crippen LogP contribution in [0.3, 0.4) is 0 Å². The molecule has 2 aromatic carbocycles. The van der Waals surface area contributed by atoms with E-state index in [0.717, 1.165) is 26.5 Å². The molecule has 0 radical (unpaired) electrons. The molecule has 1 saturated heterocycles. The van der Waals surface area contributed by atoms with E-state index in [9.17, 15) is 4.79 Å². The van der Waals surface area contributed by atoms with Gasteiger partial charge < -0.3 is 9.64 Å². The van der Waals surface area contributed by atoms with Crippen molar-refractivity contribution in [2.75, 3.05) is 7.05 Å². The second-order valence-electron chi connectivity index (χ2n) is 7.57. The van der Waals surface area contributed by atoms with Crippen molar-refractivity contribution >= 4 is 37.8 Å². The molecule has 150 valence electrons. The molecule has 2 aliphatic rings. The Morgan fingerprint density at radius 3 is 2.45 bits per heavy atom. The van der Waals surface area contributed by atoms with Gasteiger partial charge in [0.2, 0.25) is 0 Å². The predicted octanol–water partition coefficient (Wildman–Crippen LogP) is 5.81. The summed E-state index contributed by atoms with van der Waals surface area (Å²) < 4.78 is 8.63. The van der Waals surface area contributed by atoms with Crippen molar-refractivity contribution in [2.45, 2.75) is 31.1 Å². The highest BCUT2D eigenvalue weighted by Gasteiger charge is 2.44. The Kier molecular flexibility index (Phi) is 6.38. The first-order valence-electron chi connectivity index (χ1n) is 9.78. The molecule has 29 heavy (non-hydrogen) atoms.